The van der Waals surface area contributed by atoms with Crippen LogP contribution in [0.5, 0.6) is 0 Å². The van der Waals surface area contributed by atoms with E-state index in [1.807, 2.05) is 0 Å². The highest BCUT2D eigenvalue weighted by Crippen LogP contribution is 2.39. The van der Waals surface area contributed by atoms with Crippen LogP contribution in [-0.4, -0.2) is 432 Å². The molecule has 0 bridgehead atoms. The van der Waals surface area contributed by atoms with Gasteiger partial charge in [0.05, 0.1) is 26.4 Å². The predicted octanol–water partition coefficient (Wildman–Crippen LogP) is -17.5. The number of hydrogen-bond donors (Lipinski definition) is 26. The zero-order chi connectivity index (χ0) is 78.0. The van der Waals surface area contributed by atoms with Gasteiger partial charge in [0.2, 0.25) is 23.6 Å². The topological polar surface area (TPSA) is 768 Å². The van der Waals surface area contributed by atoms with Crippen LogP contribution < -0.4 is 21.3 Å². The van der Waals surface area contributed by atoms with Gasteiger partial charge in [0.25, 0.3) is 0 Å². The first-order valence-corrected chi connectivity index (χ1v) is 32.1. The lowest BCUT2D eigenvalue weighted by Crippen LogP contribution is -2.71. The van der Waals surface area contributed by atoms with Gasteiger partial charge in [-0.05, 0) is 0 Å². The number of aliphatic carboxylic acids is 4. The number of hydrogen-bond acceptors (Lipinski definition) is 41. The first kappa shape index (κ1) is 85.1. The summed E-state index contributed by atoms with van der Waals surface area (Å²) in [6, 6.07) is -7.92. The fourth-order valence-electron chi connectivity index (χ4n) is 13.0. The second kappa shape index (κ2) is 35.9. The van der Waals surface area contributed by atoms with Crippen molar-refractivity contribution in [1.29, 1.82) is 0 Å². The van der Waals surface area contributed by atoms with Gasteiger partial charge in [-0.3, -0.25) is 19.2 Å². The van der Waals surface area contributed by atoms with Crippen molar-refractivity contribution < 1.29 is 222 Å². The zero-order valence-electron chi connectivity index (χ0n) is 55.2. The minimum absolute atomic E-state index is 0.832. The van der Waals surface area contributed by atoms with Crippen LogP contribution in [0.15, 0.2) is 0 Å². The summed E-state index contributed by atoms with van der Waals surface area (Å²) >= 11 is 0. The molecule has 49 heteroatoms. The quantitative estimate of drug-likeness (QED) is 0.0382. The summed E-state index contributed by atoms with van der Waals surface area (Å²) < 4.78 is 84.5. The average molecular weight is 1540 g/mol. The lowest BCUT2D eigenvalue weighted by atomic mass is 9.93. The first-order chi connectivity index (χ1) is 49.3. The molecule has 26 N–H and O–H groups in total. The number of nitrogens with one attached hydrogen (secondary N) is 4. The van der Waals surface area contributed by atoms with Gasteiger partial charge in [-0.1, -0.05) is 0 Å². The Balaban J connectivity index is 1.01. The van der Waals surface area contributed by atoms with Gasteiger partial charge in [-0.2, -0.15) is 0 Å². The lowest BCUT2D eigenvalue weighted by molar-refractivity contribution is -0.380. The lowest BCUT2D eigenvalue weighted by Gasteiger charge is -2.51. The summed E-state index contributed by atoms with van der Waals surface area (Å²) in [7, 11) is 0. The molecule has 8 saturated heterocycles. The van der Waals surface area contributed by atoms with Gasteiger partial charge < -0.3 is 205 Å². The average Bonchev–Trinajstić information content (AvgIpc) is 0.770. The number of carboxylic acids is 4. The Morgan fingerprint density at radius 3 is 0.724 bits per heavy atom. The van der Waals surface area contributed by atoms with Crippen molar-refractivity contribution in [3.8, 4) is 0 Å². The molecular formula is C56H86N4O45. The number of carbonyl (C=O) groups excluding carboxylic acids is 4. The summed E-state index contributed by atoms with van der Waals surface area (Å²) in [4.78, 5) is 102. The van der Waals surface area contributed by atoms with Crippen LogP contribution in [0.3, 0.4) is 0 Å². The highest BCUT2D eigenvalue weighted by Gasteiger charge is 2.62. The van der Waals surface area contributed by atoms with Crippen LogP contribution in [0.4, 0.5) is 0 Å². The van der Waals surface area contributed by atoms with E-state index in [1.165, 1.54) is 0 Å². The normalized spacial score (nSPS) is 46.8. The molecule has 40 atom stereocenters. The van der Waals surface area contributed by atoms with Gasteiger partial charge in [0.1, 0.15) is 171 Å². The van der Waals surface area contributed by atoms with E-state index >= 15 is 0 Å². The molecule has 49 nitrogen and oxygen atoms in total. The van der Waals surface area contributed by atoms with E-state index < -0.39 is 319 Å². The van der Waals surface area contributed by atoms with Gasteiger partial charge in [-0.15, -0.1) is 0 Å². The van der Waals surface area contributed by atoms with E-state index in [4.69, 9.17) is 71.1 Å². The molecule has 0 radical (unpaired) electrons. The third kappa shape index (κ3) is 18.5. The highest BCUT2D eigenvalue weighted by atomic mass is 16.8. The van der Waals surface area contributed by atoms with Crippen molar-refractivity contribution in [2.24, 2.45) is 0 Å². The molecule has 8 aliphatic rings. The smallest absolute Gasteiger partial charge is 0.335 e. The maximum Gasteiger partial charge on any atom is 0.335 e. The number of aliphatic hydroxyl groups excluding tert-OH is 18. The predicted molar refractivity (Wildman–Crippen MR) is 313 cm³/mol. The van der Waals surface area contributed by atoms with Gasteiger partial charge in [-0.25, -0.2) is 19.2 Å². The summed E-state index contributed by atoms with van der Waals surface area (Å²) in [6.07, 6.45) is -82.8. The van der Waals surface area contributed by atoms with E-state index in [-0.39, 0.29) is 0 Å². The third-order valence-electron chi connectivity index (χ3n) is 18.1. The van der Waals surface area contributed by atoms with Gasteiger partial charge in [0, 0.05) is 27.7 Å². The van der Waals surface area contributed by atoms with Crippen molar-refractivity contribution in [2.75, 3.05) is 26.4 Å². The molecule has 600 valence electrons. The van der Waals surface area contributed by atoms with Crippen LogP contribution >= 0.6 is 0 Å². The first-order valence-electron chi connectivity index (χ1n) is 32.1. The number of aliphatic hydroxyl groups is 18. The second-order valence-electron chi connectivity index (χ2n) is 25.5. The van der Waals surface area contributed by atoms with Crippen molar-refractivity contribution in [1.82, 2.24) is 21.3 Å². The number of amides is 4. The fraction of sp³-hybridized carbons (Fsp3) is 0.857. The Morgan fingerprint density at radius 1 is 0.257 bits per heavy atom. The third-order valence-corrected chi connectivity index (χ3v) is 18.1. The number of carbonyl (C=O) groups is 8. The Labute approximate surface area is 588 Å². The standard InChI is InChI=1S/C56H86N4O45/c1-9(65)57-17-34(21(69)13(5-61)91-49(17)90)95-54-31(79)27(75)38(42(103-54)46(84)85)99-51-19(59-11(3)67)36(23(71)15(7-63)93-51)97-56-33(81)29(77)40(44(105-56)48(88)89)101-52-20(60-12(4)68)37(24(72)16(8-64)94-52)98-55-32(80)28(76)39(43(104-55)47(86)87)100-50-18(58-10(2)66)35(22(70)14(6-62)92-50)96-53-30(78)25(73)26(74)41(102-53)45(82)83/h13-44,49-56,61-64,69-81,90H,5-8H2,1-4H3,(H,57,65)(H,58,66)(H,59,67)(H,60,68)(H,82,83)(H,84,85)(H,86,87)(H,88,89)/t13-,14-,15-,16-,17-,18-,19-,20-,21+,22+,23+,24+,25+,26+,27-,28-,29-,30-,31-,32-,33-,34-,35-,36-,37-,38+,39+,40+,41+,42+,43+,44+,49+,50+,51+,52+,53-,54-,55-,56-/m1/s1. The molecule has 8 rings (SSSR count). The Bertz CT molecular complexity index is 2990. The molecule has 0 aliphatic carbocycles. The molecule has 8 heterocycles. The van der Waals surface area contributed by atoms with Crippen molar-refractivity contribution in [3.63, 3.8) is 0 Å². The van der Waals surface area contributed by atoms with Crippen molar-refractivity contribution in [2.45, 2.75) is 273 Å². The molecule has 8 fully saturated rings. The van der Waals surface area contributed by atoms with E-state index in [2.05, 4.69) is 21.3 Å². The van der Waals surface area contributed by atoms with Crippen LogP contribution in [0.25, 0.3) is 0 Å². The van der Waals surface area contributed by atoms with E-state index in [0.717, 1.165) is 27.7 Å². The minimum atomic E-state index is -2.65. The molecule has 105 heavy (non-hydrogen) atoms. The molecule has 0 aromatic heterocycles. The Kier molecular flexibility index (Phi) is 29.0. The number of ether oxygens (including phenoxy) is 15. The zero-order valence-corrected chi connectivity index (χ0v) is 55.2. The van der Waals surface area contributed by atoms with Gasteiger partial charge >= 0.3 is 23.9 Å². The van der Waals surface area contributed by atoms with E-state index in [9.17, 15) is 151 Å². The largest absolute Gasteiger partial charge is 0.479 e. The fourth-order valence-corrected chi connectivity index (χ4v) is 13.0. The van der Waals surface area contributed by atoms with Crippen molar-refractivity contribution >= 4 is 47.5 Å². The summed E-state index contributed by atoms with van der Waals surface area (Å²) in [5, 5.41) is 249. The maximum atomic E-state index is 13.2. The van der Waals surface area contributed by atoms with E-state index in [1.54, 1.807) is 0 Å². The molecule has 4 amide bonds. The maximum absolute atomic E-state index is 13.2. The molecule has 0 unspecified atom stereocenters. The second-order valence-corrected chi connectivity index (χ2v) is 25.5. The van der Waals surface area contributed by atoms with Crippen LogP contribution in [-0.2, 0) is 109 Å². The Hall–Kier alpha value is -5.56. The molecular weight excluding hydrogens is 1450 g/mol. The number of carboxylic acid groups (broad SMARTS) is 4. The molecule has 0 aromatic carbocycles. The molecule has 0 saturated carbocycles. The summed E-state index contributed by atoms with van der Waals surface area (Å²) in [5.74, 6) is -12.0. The van der Waals surface area contributed by atoms with E-state index in [0.29, 0.717) is 0 Å². The summed E-state index contributed by atoms with van der Waals surface area (Å²) in [6.45, 7) is -1.06. The van der Waals surface area contributed by atoms with Crippen LogP contribution in [0.2, 0.25) is 0 Å². The number of rotatable bonds is 26. The van der Waals surface area contributed by atoms with Gasteiger partial charge in [0.15, 0.2) is 74.7 Å². The molecule has 8 aliphatic heterocycles. The highest BCUT2D eigenvalue weighted by molar-refractivity contribution is 5.76. The SMILES string of the molecule is CC(=O)N[C@@H]1[C@@H](O[C@@H]2O[C@H](C(=O)O)[C@@H](O[C@@H]3O[C@H](CO)[C@H](O)[C@H](O[C@@H]4O[C@H](C(=O)O)[C@@H](O[C@@H]5O[C@H](CO)[C@H](O)[C@H](O[C@@H]6O[C@H](C(=O)O)[C@@H](O[C@@H]7O[C@H](CO)[C@H](O)[C@H](O[C@@H]8O[C@H](C(=O)O)[C@@H](O)[C@H](O)[C@H]8O)[C@H]7NC(C)=O)[C@H](O)[C@H]6O)[C@H]5NC(C)=O)[C@H](O)[C@H]4O)[C@H]3NC(C)=O)[C@H](O)[C@H]2O)[C@@H](O)[C@@H](CO)O[C@@H]1O. The minimum Gasteiger partial charge on any atom is -0.479 e. The monoisotopic (exact) mass is 1530 g/mol. The Morgan fingerprint density at radius 2 is 0.476 bits per heavy atom. The molecule has 0 spiro atoms. The molecule has 0 aromatic rings. The summed E-state index contributed by atoms with van der Waals surface area (Å²) in [5.41, 5.74) is 0. The van der Waals surface area contributed by atoms with Crippen LogP contribution in [0, 0.1) is 0 Å². The van der Waals surface area contributed by atoms with Crippen molar-refractivity contribution in [3.05, 3.63) is 0 Å². The van der Waals surface area contributed by atoms with Crippen LogP contribution in [0.1, 0.15) is 27.7 Å².